The summed E-state index contributed by atoms with van der Waals surface area (Å²) in [7, 11) is 3.14. The SMILES string of the molecule is COc1ccc(C2=N/C(=C\c3ccc(OCc4ccccc4Cl)c(OC)c3)C(=O)O2)cc1. The van der Waals surface area contributed by atoms with Crippen LogP contribution in [0.15, 0.2) is 77.4 Å². The first-order chi connectivity index (χ1) is 15.6. The van der Waals surface area contributed by atoms with Crippen molar-refractivity contribution >= 4 is 29.5 Å². The molecule has 0 fully saturated rings. The number of hydrogen-bond acceptors (Lipinski definition) is 6. The number of esters is 1. The minimum absolute atomic E-state index is 0.197. The van der Waals surface area contributed by atoms with E-state index in [4.69, 9.17) is 30.5 Å². The lowest BCUT2D eigenvalue weighted by molar-refractivity contribution is -0.129. The first-order valence-corrected chi connectivity index (χ1v) is 10.2. The second kappa shape index (κ2) is 9.58. The van der Waals surface area contributed by atoms with E-state index in [0.29, 0.717) is 34.4 Å². The normalized spacial score (nSPS) is 14.2. The van der Waals surface area contributed by atoms with E-state index < -0.39 is 5.97 Å². The van der Waals surface area contributed by atoms with E-state index in [1.54, 1.807) is 56.7 Å². The zero-order chi connectivity index (χ0) is 22.5. The minimum atomic E-state index is -0.520. The van der Waals surface area contributed by atoms with Gasteiger partial charge in [-0.25, -0.2) is 9.79 Å². The quantitative estimate of drug-likeness (QED) is 0.362. The summed E-state index contributed by atoms with van der Waals surface area (Å²) in [6, 6.07) is 19.9. The molecule has 0 aromatic heterocycles. The molecule has 0 amide bonds. The summed E-state index contributed by atoms with van der Waals surface area (Å²) in [6.45, 7) is 0.304. The standard InChI is InChI=1S/C25H20ClNO5/c1-29-19-10-8-17(9-11-19)24-27-21(25(28)32-24)13-16-7-12-22(23(14-16)30-2)31-15-18-5-3-4-6-20(18)26/h3-14H,15H2,1-2H3/b21-13-. The first kappa shape index (κ1) is 21.5. The van der Waals surface area contributed by atoms with Crippen molar-refractivity contribution in [2.24, 2.45) is 4.99 Å². The van der Waals surface area contributed by atoms with Crippen molar-refractivity contribution in [2.75, 3.05) is 14.2 Å². The highest BCUT2D eigenvalue weighted by molar-refractivity contribution is 6.31. The third-order valence-corrected chi connectivity index (χ3v) is 5.16. The molecule has 0 saturated heterocycles. The van der Waals surface area contributed by atoms with Crippen LogP contribution in [0.1, 0.15) is 16.7 Å². The summed E-state index contributed by atoms with van der Waals surface area (Å²) in [5, 5.41) is 0.637. The third kappa shape index (κ3) is 4.76. The van der Waals surface area contributed by atoms with Crippen molar-refractivity contribution in [1.29, 1.82) is 0 Å². The Morgan fingerprint density at radius 2 is 1.75 bits per heavy atom. The fourth-order valence-corrected chi connectivity index (χ4v) is 3.28. The van der Waals surface area contributed by atoms with E-state index in [0.717, 1.165) is 11.1 Å². The molecule has 3 aromatic rings. The van der Waals surface area contributed by atoms with Gasteiger partial charge in [0.05, 0.1) is 14.2 Å². The molecule has 32 heavy (non-hydrogen) atoms. The van der Waals surface area contributed by atoms with Gasteiger partial charge in [-0.2, -0.15) is 0 Å². The largest absolute Gasteiger partial charge is 0.497 e. The molecule has 1 aliphatic heterocycles. The van der Waals surface area contributed by atoms with Crippen LogP contribution < -0.4 is 14.2 Å². The van der Waals surface area contributed by atoms with Gasteiger partial charge in [-0.3, -0.25) is 0 Å². The van der Waals surface area contributed by atoms with Crippen LogP contribution in [0, 0.1) is 0 Å². The maximum atomic E-state index is 12.3. The minimum Gasteiger partial charge on any atom is -0.497 e. The topological polar surface area (TPSA) is 66.3 Å². The smallest absolute Gasteiger partial charge is 0.363 e. The zero-order valence-electron chi connectivity index (χ0n) is 17.5. The van der Waals surface area contributed by atoms with Crippen LogP contribution in [0.3, 0.4) is 0 Å². The molecule has 162 valence electrons. The number of hydrogen-bond donors (Lipinski definition) is 0. The second-order valence-corrected chi connectivity index (χ2v) is 7.26. The molecule has 0 spiro atoms. The maximum Gasteiger partial charge on any atom is 0.363 e. The molecule has 7 heteroatoms. The number of rotatable bonds is 7. The molecule has 4 rings (SSSR count). The number of cyclic esters (lactones) is 1. The van der Waals surface area contributed by atoms with E-state index in [1.807, 2.05) is 30.3 Å². The summed E-state index contributed by atoms with van der Waals surface area (Å²) in [5.74, 6) is 1.52. The van der Waals surface area contributed by atoms with Crippen molar-refractivity contribution in [2.45, 2.75) is 6.61 Å². The van der Waals surface area contributed by atoms with E-state index in [1.165, 1.54) is 0 Å². The van der Waals surface area contributed by atoms with Gasteiger partial charge in [0.25, 0.3) is 0 Å². The number of carbonyl (C=O) groups is 1. The molecule has 0 N–H and O–H groups in total. The lowest BCUT2D eigenvalue weighted by Crippen LogP contribution is -2.05. The molecule has 3 aromatic carbocycles. The Hall–Kier alpha value is -3.77. The Morgan fingerprint density at radius 1 is 0.969 bits per heavy atom. The van der Waals surface area contributed by atoms with Crippen LogP contribution in [-0.2, 0) is 16.1 Å². The highest BCUT2D eigenvalue weighted by Crippen LogP contribution is 2.31. The number of carbonyl (C=O) groups excluding carboxylic acids is 1. The second-order valence-electron chi connectivity index (χ2n) is 6.85. The first-order valence-electron chi connectivity index (χ1n) is 9.78. The lowest BCUT2D eigenvalue weighted by Gasteiger charge is -2.12. The molecule has 6 nitrogen and oxygen atoms in total. The van der Waals surface area contributed by atoms with Crippen molar-refractivity contribution in [1.82, 2.24) is 0 Å². The number of halogens is 1. The molecule has 0 bridgehead atoms. The van der Waals surface area contributed by atoms with Crippen molar-refractivity contribution in [3.8, 4) is 17.2 Å². The molecular weight excluding hydrogens is 430 g/mol. The van der Waals surface area contributed by atoms with Crippen LogP contribution in [0.2, 0.25) is 5.02 Å². The molecule has 1 aliphatic rings. The highest BCUT2D eigenvalue weighted by atomic mass is 35.5. The molecular formula is C25H20ClNO5. The van der Waals surface area contributed by atoms with Gasteiger partial charge in [-0.05, 0) is 54.1 Å². The third-order valence-electron chi connectivity index (χ3n) is 4.79. The predicted molar refractivity (Wildman–Crippen MR) is 122 cm³/mol. The van der Waals surface area contributed by atoms with Gasteiger partial charge in [0.1, 0.15) is 12.4 Å². The van der Waals surface area contributed by atoms with Crippen LogP contribution in [0.4, 0.5) is 0 Å². The predicted octanol–water partition coefficient (Wildman–Crippen LogP) is 5.28. The van der Waals surface area contributed by atoms with Gasteiger partial charge in [-0.15, -0.1) is 0 Å². The number of nitrogens with zero attached hydrogens (tertiary/aromatic N) is 1. The fraction of sp³-hybridized carbons (Fsp3) is 0.120. The Bertz CT molecular complexity index is 1200. The summed E-state index contributed by atoms with van der Waals surface area (Å²) >= 11 is 6.19. The number of methoxy groups -OCH3 is 2. The Morgan fingerprint density at radius 3 is 2.47 bits per heavy atom. The van der Waals surface area contributed by atoms with Crippen molar-refractivity contribution in [3.63, 3.8) is 0 Å². The van der Waals surface area contributed by atoms with Gasteiger partial charge >= 0.3 is 5.97 Å². The van der Waals surface area contributed by atoms with E-state index >= 15 is 0 Å². The number of aliphatic imine (C=N–C) groups is 1. The Balaban J connectivity index is 1.53. The maximum absolute atomic E-state index is 12.3. The highest BCUT2D eigenvalue weighted by Gasteiger charge is 2.24. The molecule has 0 atom stereocenters. The van der Waals surface area contributed by atoms with Gasteiger partial charge in [-0.1, -0.05) is 35.9 Å². The van der Waals surface area contributed by atoms with Gasteiger partial charge in [0.2, 0.25) is 5.90 Å². The number of benzene rings is 3. The molecule has 0 aliphatic carbocycles. The molecule has 1 heterocycles. The molecule has 0 radical (unpaired) electrons. The fourth-order valence-electron chi connectivity index (χ4n) is 3.09. The summed E-state index contributed by atoms with van der Waals surface area (Å²) < 4.78 is 21.8. The van der Waals surface area contributed by atoms with Crippen LogP contribution in [0.25, 0.3) is 6.08 Å². The van der Waals surface area contributed by atoms with Crippen LogP contribution in [0.5, 0.6) is 17.2 Å². The van der Waals surface area contributed by atoms with Crippen LogP contribution in [-0.4, -0.2) is 26.1 Å². The summed E-state index contributed by atoms with van der Waals surface area (Å²) in [6.07, 6.45) is 1.64. The average molecular weight is 450 g/mol. The van der Waals surface area contributed by atoms with E-state index in [9.17, 15) is 4.79 Å². The van der Waals surface area contributed by atoms with E-state index in [-0.39, 0.29) is 11.6 Å². The van der Waals surface area contributed by atoms with Gasteiger partial charge < -0.3 is 18.9 Å². The lowest BCUT2D eigenvalue weighted by atomic mass is 10.1. The van der Waals surface area contributed by atoms with Crippen molar-refractivity contribution < 1.29 is 23.7 Å². The van der Waals surface area contributed by atoms with Crippen LogP contribution >= 0.6 is 11.6 Å². The number of ether oxygens (including phenoxy) is 4. The Labute approximate surface area is 190 Å². The van der Waals surface area contributed by atoms with Crippen molar-refractivity contribution in [3.05, 3.63) is 94.1 Å². The molecule has 0 unspecified atom stereocenters. The van der Waals surface area contributed by atoms with Gasteiger partial charge in [0, 0.05) is 16.1 Å². The van der Waals surface area contributed by atoms with E-state index in [2.05, 4.69) is 4.99 Å². The average Bonchev–Trinajstić information content (AvgIpc) is 3.19. The zero-order valence-corrected chi connectivity index (χ0v) is 18.3. The Kier molecular flexibility index (Phi) is 6.42. The monoisotopic (exact) mass is 449 g/mol. The van der Waals surface area contributed by atoms with Gasteiger partial charge in [0.15, 0.2) is 17.2 Å². The molecule has 0 saturated carbocycles. The summed E-state index contributed by atoms with van der Waals surface area (Å²) in [4.78, 5) is 16.6. The summed E-state index contributed by atoms with van der Waals surface area (Å²) in [5.41, 5.74) is 2.47.